The first-order valence-corrected chi connectivity index (χ1v) is 7.53. The van der Waals surface area contributed by atoms with E-state index in [0.29, 0.717) is 25.5 Å². The lowest BCUT2D eigenvalue weighted by atomic mass is 10.2. The number of halogens is 2. The van der Waals surface area contributed by atoms with E-state index < -0.39 is 35.7 Å². The number of esters is 1. The van der Waals surface area contributed by atoms with Gasteiger partial charge in [-0.05, 0) is 31.9 Å². The zero-order valence-electron chi connectivity index (χ0n) is 13.3. The fourth-order valence-electron chi connectivity index (χ4n) is 2.52. The number of hydrogen-bond donors (Lipinski definition) is 1. The van der Waals surface area contributed by atoms with Crippen molar-refractivity contribution in [2.45, 2.75) is 38.8 Å². The van der Waals surface area contributed by atoms with Crippen molar-refractivity contribution in [3.05, 3.63) is 29.8 Å². The third-order valence-electron chi connectivity index (χ3n) is 3.78. The molecule has 24 heavy (non-hydrogen) atoms. The van der Waals surface area contributed by atoms with Crippen LogP contribution in [0.15, 0.2) is 18.2 Å². The van der Waals surface area contributed by atoms with Crippen molar-refractivity contribution < 1.29 is 27.9 Å². The number of likely N-dealkylation sites (tertiary alicyclic amines) is 1. The molecule has 2 amide bonds. The maximum Gasteiger partial charge on any atom is 0.329 e. The van der Waals surface area contributed by atoms with Crippen LogP contribution in [0.4, 0.5) is 14.5 Å². The molecule has 1 aromatic rings. The van der Waals surface area contributed by atoms with Crippen molar-refractivity contribution in [3.8, 4) is 0 Å². The molecule has 130 valence electrons. The number of amides is 2. The molecule has 0 saturated carbocycles. The molecule has 0 spiro atoms. The quantitative estimate of drug-likeness (QED) is 0.849. The number of carbonyl (C=O) groups excluding carboxylic acids is 3. The Morgan fingerprint density at radius 3 is 2.67 bits per heavy atom. The minimum Gasteiger partial charge on any atom is -0.451 e. The summed E-state index contributed by atoms with van der Waals surface area (Å²) in [5, 5.41) is 2.23. The van der Waals surface area contributed by atoms with Crippen LogP contribution in [0.1, 0.15) is 26.7 Å². The van der Waals surface area contributed by atoms with Crippen molar-refractivity contribution in [2.75, 3.05) is 11.9 Å². The molecule has 1 N–H and O–H groups in total. The van der Waals surface area contributed by atoms with E-state index in [0.717, 1.165) is 12.1 Å². The van der Waals surface area contributed by atoms with Gasteiger partial charge in [0.2, 0.25) is 5.91 Å². The molecular weight excluding hydrogens is 322 g/mol. The first kappa shape index (κ1) is 17.8. The average molecular weight is 340 g/mol. The minimum absolute atomic E-state index is 0.212. The van der Waals surface area contributed by atoms with E-state index in [1.807, 2.05) is 0 Å². The monoisotopic (exact) mass is 340 g/mol. The minimum atomic E-state index is -1.18. The van der Waals surface area contributed by atoms with Crippen LogP contribution in [-0.4, -0.2) is 41.4 Å². The number of anilines is 1. The third kappa shape index (κ3) is 4.06. The maximum absolute atomic E-state index is 13.5. The molecule has 0 aromatic heterocycles. The largest absolute Gasteiger partial charge is 0.451 e. The number of carbonyl (C=O) groups is 3. The van der Waals surface area contributed by atoms with Crippen molar-refractivity contribution in [2.24, 2.45) is 0 Å². The molecule has 1 saturated heterocycles. The normalized spacial score (nSPS) is 18.2. The summed E-state index contributed by atoms with van der Waals surface area (Å²) in [6.07, 6.45) is -0.0311. The predicted octanol–water partition coefficient (Wildman–Crippen LogP) is 1.85. The van der Waals surface area contributed by atoms with Gasteiger partial charge in [0, 0.05) is 19.5 Å². The fourth-order valence-corrected chi connectivity index (χ4v) is 2.52. The Kier molecular flexibility index (Phi) is 5.48. The van der Waals surface area contributed by atoms with E-state index in [4.69, 9.17) is 4.74 Å². The van der Waals surface area contributed by atoms with E-state index in [-0.39, 0.29) is 11.6 Å². The highest BCUT2D eigenvalue weighted by Crippen LogP contribution is 2.20. The van der Waals surface area contributed by atoms with Gasteiger partial charge in [0.25, 0.3) is 5.91 Å². The molecule has 8 heteroatoms. The second-order valence-electron chi connectivity index (χ2n) is 5.56. The Morgan fingerprint density at radius 2 is 2.04 bits per heavy atom. The molecule has 1 aliphatic heterocycles. The van der Waals surface area contributed by atoms with Crippen LogP contribution < -0.4 is 5.32 Å². The van der Waals surface area contributed by atoms with E-state index in [9.17, 15) is 23.2 Å². The second-order valence-corrected chi connectivity index (χ2v) is 5.56. The van der Waals surface area contributed by atoms with Gasteiger partial charge in [-0.3, -0.25) is 9.59 Å². The number of nitrogens with zero attached hydrogens (tertiary/aromatic N) is 1. The van der Waals surface area contributed by atoms with Gasteiger partial charge in [0.1, 0.15) is 17.7 Å². The SMILES string of the molecule is CC(=O)N1CCC[C@@H]1C(=O)O[C@H](C)C(=O)Nc1ccc(F)cc1F. The Bertz CT molecular complexity index is 665. The summed E-state index contributed by atoms with van der Waals surface area (Å²) in [4.78, 5) is 37.0. The molecular formula is C16H18F2N2O4. The highest BCUT2D eigenvalue weighted by Gasteiger charge is 2.35. The van der Waals surface area contributed by atoms with E-state index >= 15 is 0 Å². The molecule has 0 aliphatic carbocycles. The smallest absolute Gasteiger partial charge is 0.329 e. The summed E-state index contributed by atoms with van der Waals surface area (Å²) in [7, 11) is 0. The lowest BCUT2D eigenvalue weighted by Gasteiger charge is -2.23. The first-order valence-electron chi connectivity index (χ1n) is 7.53. The second kappa shape index (κ2) is 7.37. The molecule has 0 unspecified atom stereocenters. The number of hydrogen-bond acceptors (Lipinski definition) is 4. The summed E-state index contributed by atoms with van der Waals surface area (Å²) < 4.78 is 31.4. The highest BCUT2D eigenvalue weighted by atomic mass is 19.1. The Morgan fingerprint density at radius 1 is 1.33 bits per heavy atom. The van der Waals surface area contributed by atoms with Gasteiger partial charge < -0.3 is 15.0 Å². The van der Waals surface area contributed by atoms with Crippen LogP contribution in [-0.2, 0) is 19.1 Å². The molecule has 1 heterocycles. The van der Waals surface area contributed by atoms with Crippen molar-refractivity contribution in [1.82, 2.24) is 4.90 Å². The lowest BCUT2D eigenvalue weighted by Crippen LogP contribution is -2.42. The number of rotatable bonds is 4. The molecule has 0 radical (unpaired) electrons. The van der Waals surface area contributed by atoms with Gasteiger partial charge in [-0.15, -0.1) is 0 Å². The molecule has 6 nitrogen and oxygen atoms in total. The molecule has 1 aliphatic rings. The van der Waals surface area contributed by atoms with E-state index in [1.54, 1.807) is 0 Å². The number of benzene rings is 1. The first-order chi connectivity index (χ1) is 11.3. The van der Waals surface area contributed by atoms with E-state index in [1.165, 1.54) is 18.7 Å². The fraction of sp³-hybridized carbons (Fsp3) is 0.438. The lowest BCUT2D eigenvalue weighted by molar-refractivity contribution is -0.159. The van der Waals surface area contributed by atoms with Gasteiger partial charge in [0.05, 0.1) is 5.69 Å². The van der Waals surface area contributed by atoms with Gasteiger partial charge in [-0.1, -0.05) is 0 Å². The molecule has 2 rings (SSSR count). The van der Waals surface area contributed by atoms with Gasteiger partial charge in [-0.2, -0.15) is 0 Å². The van der Waals surface area contributed by atoms with Crippen LogP contribution in [0.25, 0.3) is 0 Å². The zero-order valence-corrected chi connectivity index (χ0v) is 13.3. The standard InChI is InChI=1S/C16H18F2N2O4/c1-9(15(22)19-13-6-5-11(17)8-12(13)18)24-16(23)14-4-3-7-20(14)10(2)21/h5-6,8-9,14H,3-4,7H2,1-2H3,(H,19,22)/t9-,14-/m1/s1. The van der Waals surface area contributed by atoms with Crippen LogP contribution in [0.2, 0.25) is 0 Å². The van der Waals surface area contributed by atoms with Gasteiger partial charge in [0.15, 0.2) is 6.10 Å². The zero-order chi connectivity index (χ0) is 17.9. The molecule has 2 atom stereocenters. The molecule has 0 bridgehead atoms. The van der Waals surface area contributed by atoms with E-state index in [2.05, 4.69) is 5.32 Å². The van der Waals surface area contributed by atoms with Crippen molar-refractivity contribution in [1.29, 1.82) is 0 Å². The summed E-state index contributed by atoms with van der Waals surface area (Å²) in [5.74, 6) is -3.36. The molecule has 1 aromatic carbocycles. The summed E-state index contributed by atoms with van der Waals surface area (Å²) in [6.45, 7) is 3.16. The van der Waals surface area contributed by atoms with Gasteiger partial charge in [-0.25, -0.2) is 13.6 Å². The summed E-state index contributed by atoms with van der Waals surface area (Å²) in [5.41, 5.74) is -0.212. The highest BCUT2D eigenvalue weighted by molar-refractivity contribution is 5.95. The maximum atomic E-state index is 13.5. The molecule has 1 fully saturated rings. The average Bonchev–Trinajstić information content (AvgIpc) is 2.99. The predicted molar refractivity (Wildman–Crippen MR) is 81.0 cm³/mol. The Labute approximate surface area is 137 Å². The van der Waals surface area contributed by atoms with Crippen LogP contribution >= 0.6 is 0 Å². The van der Waals surface area contributed by atoms with Crippen LogP contribution in [0.5, 0.6) is 0 Å². The number of nitrogens with one attached hydrogen (secondary N) is 1. The number of ether oxygens (including phenoxy) is 1. The Balaban J connectivity index is 1.96. The topological polar surface area (TPSA) is 75.7 Å². The van der Waals surface area contributed by atoms with Gasteiger partial charge >= 0.3 is 5.97 Å². The van der Waals surface area contributed by atoms with Crippen LogP contribution in [0, 0.1) is 11.6 Å². The summed E-state index contributed by atoms with van der Waals surface area (Å²) in [6, 6.07) is 2.00. The third-order valence-corrected chi connectivity index (χ3v) is 3.78. The Hall–Kier alpha value is -2.51. The van der Waals surface area contributed by atoms with Crippen molar-refractivity contribution in [3.63, 3.8) is 0 Å². The van der Waals surface area contributed by atoms with Crippen molar-refractivity contribution >= 4 is 23.5 Å². The summed E-state index contributed by atoms with van der Waals surface area (Å²) >= 11 is 0. The van der Waals surface area contributed by atoms with Crippen LogP contribution in [0.3, 0.4) is 0 Å².